The minimum Gasteiger partial charge on any atom is -0.351 e. The van der Waals surface area contributed by atoms with Gasteiger partial charge in [-0.3, -0.25) is 4.79 Å². The smallest absolute Gasteiger partial charge is 0.272 e. The van der Waals surface area contributed by atoms with Gasteiger partial charge in [-0.2, -0.15) is 0 Å². The van der Waals surface area contributed by atoms with Crippen LogP contribution >= 0.6 is 12.4 Å². The fourth-order valence-corrected chi connectivity index (χ4v) is 4.61. The van der Waals surface area contributed by atoms with E-state index in [4.69, 9.17) is 0 Å². The number of amides is 1. The van der Waals surface area contributed by atoms with Crippen LogP contribution in [0.25, 0.3) is 21.8 Å². The Bertz CT molecular complexity index is 1200. The van der Waals surface area contributed by atoms with Gasteiger partial charge in [0.1, 0.15) is 0 Å². The SMILES string of the molecule is CCN(CC)CCCNC(=O)c1nccc2c3ccccc3n(CCCc3ccccc3)c12.Cl. The Kier molecular flexibility index (Phi) is 9.49. The predicted octanol–water partition coefficient (Wildman–Crippen LogP) is 5.71. The Morgan fingerprint density at radius 1 is 0.941 bits per heavy atom. The lowest BCUT2D eigenvalue weighted by atomic mass is 10.1. The first-order chi connectivity index (χ1) is 16.2. The van der Waals surface area contributed by atoms with Crippen molar-refractivity contribution < 1.29 is 4.79 Å². The molecular formula is C28H35ClN4O. The van der Waals surface area contributed by atoms with Crippen LogP contribution in [-0.2, 0) is 13.0 Å². The van der Waals surface area contributed by atoms with Crippen molar-refractivity contribution in [1.82, 2.24) is 19.8 Å². The van der Waals surface area contributed by atoms with Gasteiger partial charge in [0.25, 0.3) is 5.91 Å². The summed E-state index contributed by atoms with van der Waals surface area (Å²) in [5.41, 5.74) is 3.95. The Morgan fingerprint density at radius 2 is 1.68 bits per heavy atom. The number of para-hydroxylation sites is 1. The molecular weight excluding hydrogens is 444 g/mol. The highest BCUT2D eigenvalue weighted by molar-refractivity contribution is 6.14. The minimum absolute atomic E-state index is 0. The second kappa shape index (κ2) is 12.5. The third-order valence-electron chi connectivity index (χ3n) is 6.42. The zero-order valence-corrected chi connectivity index (χ0v) is 21.0. The molecule has 1 N–H and O–H groups in total. The summed E-state index contributed by atoms with van der Waals surface area (Å²) in [6.07, 6.45) is 4.69. The van der Waals surface area contributed by atoms with Gasteiger partial charge in [0, 0.05) is 35.6 Å². The van der Waals surface area contributed by atoms with E-state index in [1.807, 2.05) is 6.07 Å². The van der Waals surface area contributed by atoms with Gasteiger partial charge in [-0.25, -0.2) is 4.98 Å². The Morgan fingerprint density at radius 3 is 2.44 bits per heavy atom. The van der Waals surface area contributed by atoms with E-state index >= 15 is 0 Å². The zero-order valence-electron chi connectivity index (χ0n) is 20.2. The topological polar surface area (TPSA) is 50.2 Å². The molecule has 34 heavy (non-hydrogen) atoms. The largest absolute Gasteiger partial charge is 0.351 e. The second-order valence-corrected chi connectivity index (χ2v) is 8.45. The third-order valence-corrected chi connectivity index (χ3v) is 6.42. The summed E-state index contributed by atoms with van der Waals surface area (Å²) in [5.74, 6) is -0.0905. The van der Waals surface area contributed by atoms with Gasteiger partial charge in [0.15, 0.2) is 5.69 Å². The van der Waals surface area contributed by atoms with Crippen LogP contribution in [0.15, 0.2) is 66.9 Å². The molecule has 6 heteroatoms. The molecule has 0 saturated heterocycles. The number of fused-ring (bicyclic) bond motifs is 3. The van der Waals surface area contributed by atoms with Gasteiger partial charge in [0.2, 0.25) is 0 Å². The molecule has 180 valence electrons. The molecule has 2 heterocycles. The van der Waals surface area contributed by atoms with Crippen LogP contribution in [0.2, 0.25) is 0 Å². The van der Waals surface area contributed by atoms with E-state index in [-0.39, 0.29) is 18.3 Å². The molecule has 0 aliphatic carbocycles. The van der Waals surface area contributed by atoms with E-state index in [0.717, 1.165) is 61.9 Å². The Labute approximate surface area is 208 Å². The number of rotatable bonds is 11. The highest BCUT2D eigenvalue weighted by Crippen LogP contribution is 2.30. The van der Waals surface area contributed by atoms with Gasteiger partial charge in [-0.05, 0) is 56.6 Å². The summed E-state index contributed by atoms with van der Waals surface area (Å²) in [6, 6.07) is 21.0. The van der Waals surface area contributed by atoms with Crippen LogP contribution < -0.4 is 5.32 Å². The normalized spacial score (nSPS) is 11.1. The van der Waals surface area contributed by atoms with E-state index in [0.29, 0.717) is 12.2 Å². The standard InChI is InChI=1S/C28H34N4O.ClH/c1-3-31(4-2)20-11-18-30-28(33)26-27-24(17-19-29-26)23-15-8-9-16-25(23)32(27)21-10-14-22-12-6-5-7-13-22;/h5-9,12-13,15-17,19H,3-4,10-11,14,18,20-21H2,1-2H3,(H,30,33);1H. The highest BCUT2D eigenvalue weighted by atomic mass is 35.5. The number of pyridine rings is 1. The number of carbonyl (C=O) groups is 1. The molecule has 1 amide bonds. The van der Waals surface area contributed by atoms with Crippen LogP contribution in [0.1, 0.15) is 42.7 Å². The average molecular weight is 479 g/mol. The van der Waals surface area contributed by atoms with Crippen LogP contribution in [-0.4, -0.2) is 46.5 Å². The monoisotopic (exact) mass is 478 g/mol. The van der Waals surface area contributed by atoms with Crippen LogP contribution in [0.5, 0.6) is 0 Å². The summed E-state index contributed by atoms with van der Waals surface area (Å²) in [4.78, 5) is 20.1. The number of hydrogen-bond donors (Lipinski definition) is 1. The second-order valence-electron chi connectivity index (χ2n) is 8.45. The summed E-state index contributed by atoms with van der Waals surface area (Å²) in [6.45, 7) is 8.90. The Balaban J connectivity index is 0.00000324. The lowest BCUT2D eigenvalue weighted by molar-refractivity contribution is 0.0948. The average Bonchev–Trinajstić information content (AvgIpc) is 3.18. The van der Waals surface area contributed by atoms with Crippen molar-refractivity contribution in [2.75, 3.05) is 26.2 Å². The predicted molar refractivity (Wildman–Crippen MR) is 144 cm³/mol. The first-order valence-electron chi connectivity index (χ1n) is 12.1. The molecule has 0 aliphatic heterocycles. The van der Waals surface area contributed by atoms with E-state index in [2.05, 4.69) is 88.2 Å². The molecule has 0 saturated carbocycles. The maximum absolute atomic E-state index is 13.2. The quantitative estimate of drug-likeness (QED) is 0.281. The van der Waals surface area contributed by atoms with Gasteiger partial charge in [-0.15, -0.1) is 12.4 Å². The maximum Gasteiger partial charge on any atom is 0.272 e. The first kappa shape index (κ1) is 25.7. The number of hydrogen-bond acceptors (Lipinski definition) is 3. The molecule has 0 aliphatic rings. The molecule has 2 aromatic heterocycles. The van der Waals surface area contributed by atoms with Gasteiger partial charge in [0.05, 0.1) is 5.52 Å². The maximum atomic E-state index is 13.2. The van der Waals surface area contributed by atoms with Gasteiger partial charge < -0.3 is 14.8 Å². The summed E-state index contributed by atoms with van der Waals surface area (Å²) in [7, 11) is 0. The van der Waals surface area contributed by atoms with Crippen molar-refractivity contribution in [3.05, 3.63) is 78.1 Å². The molecule has 0 fully saturated rings. The lowest BCUT2D eigenvalue weighted by Gasteiger charge is -2.17. The van der Waals surface area contributed by atoms with E-state index in [1.165, 1.54) is 10.9 Å². The fourth-order valence-electron chi connectivity index (χ4n) is 4.61. The minimum atomic E-state index is -0.0905. The molecule has 2 aromatic carbocycles. The van der Waals surface area contributed by atoms with Crippen LogP contribution in [0.3, 0.4) is 0 Å². The number of aryl methyl sites for hydroxylation is 2. The van der Waals surface area contributed by atoms with E-state index in [9.17, 15) is 4.79 Å². The first-order valence-corrected chi connectivity index (χ1v) is 12.1. The number of nitrogens with one attached hydrogen (secondary N) is 1. The molecule has 5 nitrogen and oxygen atoms in total. The Hall–Kier alpha value is -2.89. The third kappa shape index (κ3) is 5.78. The molecule has 0 spiro atoms. The number of aromatic nitrogens is 2. The molecule has 0 bridgehead atoms. The van der Waals surface area contributed by atoms with E-state index in [1.54, 1.807) is 6.20 Å². The molecule has 4 rings (SSSR count). The lowest BCUT2D eigenvalue weighted by Crippen LogP contribution is -2.30. The fraction of sp³-hybridized carbons (Fsp3) is 0.357. The van der Waals surface area contributed by atoms with Crippen LogP contribution in [0.4, 0.5) is 0 Å². The number of nitrogens with zero attached hydrogens (tertiary/aromatic N) is 3. The van der Waals surface area contributed by atoms with Crippen molar-refractivity contribution in [2.24, 2.45) is 0 Å². The van der Waals surface area contributed by atoms with E-state index < -0.39 is 0 Å². The summed E-state index contributed by atoms with van der Waals surface area (Å²) in [5, 5.41) is 5.37. The summed E-state index contributed by atoms with van der Waals surface area (Å²) >= 11 is 0. The number of halogens is 1. The molecule has 0 atom stereocenters. The number of carbonyl (C=O) groups excluding carboxylic acids is 1. The zero-order chi connectivity index (χ0) is 23.0. The molecule has 4 aromatic rings. The van der Waals surface area contributed by atoms with Crippen LogP contribution in [0, 0.1) is 0 Å². The number of benzene rings is 2. The highest BCUT2D eigenvalue weighted by Gasteiger charge is 2.19. The summed E-state index contributed by atoms with van der Waals surface area (Å²) < 4.78 is 2.28. The van der Waals surface area contributed by atoms with Crippen molar-refractivity contribution in [1.29, 1.82) is 0 Å². The van der Waals surface area contributed by atoms with Crippen molar-refractivity contribution in [3.8, 4) is 0 Å². The van der Waals surface area contributed by atoms with Gasteiger partial charge >= 0.3 is 0 Å². The molecule has 0 unspecified atom stereocenters. The molecule has 0 radical (unpaired) electrons. The van der Waals surface area contributed by atoms with Crippen molar-refractivity contribution in [3.63, 3.8) is 0 Å². The van der Waals surface area contributed by atoms with Gasteiger partial charge in [-0.1, -0.05) is 62.4 Å². The van der Waals surface area contributed by atoms with Crippen molar-refractivity contribution >= 4 is 40.1 Å². The van der Waals surface area contributed by atoms with Crippen molar-refractivity contribution in [2.45, 2.75) is 39.7 Å².